The zero-order valence-electron chi connectivity index (χ0n) is 8.82. The number of hydrogen-bond donors (Lipinski definition) is 0. The normalized spacial score (nSPS) is 9.89. The summed E-state index contributed by atoms with van der Waals surface area (Å²) in [6.07, 6.45) is 1.37. The van der Waals surface area contributed by atoms with Crippen molar-refractivity contribution in [2.45, 2.75) is 0 Å². The smallest absolute Gasteiger partial charge is 0.168 e. The van der Waals surface area contributed by atoms with E-state index in [2.05, 4.69) is 20.9 Å². The Hall–Kier alpha value is -2.00. The third kappa shape index (κ3) is 2.63. The number of ether oxygens (including phenoxy) is 1. The van der Waals surface area contributed by atoms with Gasteiger partial charge in [0, 0.05) is 18.3 Å². The quantitative estimate of drug-likeness (QED) is 0.848. The van der Waals surface area contributed by atoms with E-state index in [4.69, 9.17) is 10.00 Å². The highest BCUT2D eigenvalue weighted by atomic mass is 79.9. The van der Waals surface area contributed by atoms with Crippen LogP contribution in [0, 0.1) is 23.0 Å². The number of hydrogen-bond acceptors (Lipinski definition) is 3. The molecule has 0 aliphatic heterocycles. The first-order valence-corrected chi connectivity index (χ1v) is 5.58. The lowest BCUT2D eigenvalue weighted by Gasteiger charge is -2.08. The van der Waals surface area contributed by atoms with E-state index in [0.29, 0.717) is 4.47 Å². The minimum absolute atomic E-state index is 0.132. The Bertz CT molecular complexity index is 640. The van der Waals surface area contributed by atoms with Crippen LogP contribution in [0.3, 0.4) is 0 Å². The van der Waals surface area contributed by atoms with Gasteiger partial charge in [-0.15, -0.1) is 0 Å². The van der Waals surface area contributed by atoms with Gasteiger partial charge in [0.15, 0.2) is 11.6 Å². The molecule has 0 amide bonds. The second kappa shape index (κ2) is 5.10. The van der Waals surface area contributed by atoms with Crippen molar-refractivity contribution < 1.29 is 13.5 Å². The van der Waals surface area contributed by atoms with Gasteiger partial charge >= 0.3 is 0 Å². The predicted molar refractivity (Wildman–Crippen MR) is 63.1 cm³/mol. The van der Waals surface area contributed by atoms with Crippen LogP contribution in [0.15, 0.2) is 34.9 Å². The highest BCUT2D eigenvalue weighted by molar-refractivity contribution is 9.10. The van der Waals surface area contributed by atoms with Gasteiger partial charge in [-0.1, -0.05) is 0 Å². The molecule has 0 atom stereocenters. The molecule has 18 heavy (non-hydrogen) atoms. The first-order chi connectivity index (χ1) is 8.60. The summed E-state index contributed by atoms with van der Waals surface area (Å²) in [5.74, 6) is -1.41. The molecule has 0 radical (unpaired) electrons. The zero-order valence-corrected chi connectivity index (χ0v) is 10.4. The van der Waals surface area contributed by atoms with E-state index in [1.807, 2.05) is 6.07 Å². The van der Waals surface area contributed by atoms with E-state index in [9.17, 15) is 8.78 Å². The molecule has 2 aromatic rings. The van der Waals surface area contributed by atoms with Crippen LogP contribution < -0.4 is 4.74 Å². The largest absolute Gasteiger partial charge is 0.453 e. The molecule has 0 saturated heterocycles. The van der Waals surface area contributed by atoms with Gasteiger partial charge in [0.1, 0.15) is 23.3 Å². The summed E-state index contributed by atoms with van der Waals surface area (Å²) in [5.41, 5.74) is 0.135. The monoisotopic (exact) mass is 310 g/mol. The fraction of sp³-hybridized carbons (Fsp3) is 0. The van der Waals surface area contributed by atoms with Gasteiger partial charge in [-0.25, -0.2) is 13.8 Å². The van der Waals surface area contributed by atoms with Crippen LogP contribution in [0.1, 0.15) is 5.69 Å². The third-order valence-corrected chi connectivity index (χ3v) is 2.64. The average Bonchev–Trinajstić information content (AvgIpc) is 2.35. The number of pyridine rings is 1. The van der Waals surface area contributed by atoms with Gasteiger partial charge in [0.25, 0.3) is 0 Å². The van der Waals surface area contributed by atoms with Crippen molar-refractivity contribution in [1.29, 1.82) is 5.26 Å². The van der Waals surface area contributed by atoms with Gasteiger partial charge in [0.05, 0.1) is 4.47 Å². The molecule has 6 heteroatoms. The highest BCUT2D eigenvalue weighted by Gasteiger charge is 2.10. The number of halogens is 3. The SMILES string of the molecule is N#Cc1cc(Oc2ccc(F)cc2F)c(Br)cn1. The maximum absolute atomic E-state index is 13.4. The van der Waals surface area contributed by atoms with E-state index < -0.39 is 11.6 Å². The summed E-state index contributed by atoms with van der Waals surface area (Å²) in [5, 5.41) is 8.70. The fourth-order valence-corrected chi connectivity index (χ4v) is 1.53. The topological polar surface area (TPSA) is 45.9 Å². The Kier molecular flexibility index (Phi) is 3.53. The third-order valence-electron chi connectivity index (χ3n) is 2.05. The second-order valence-corrected chi connectivity index (χ2v) is 4.14. The highest BCUT2D eigenvalue weighted by Crippen LogP contribution is 2.31. The summed E-state index contributed by atoms with van der Waals surface area (Å²) in [4.78, 5) is 3.79. The lowest BCUT2D eigenvalue weighted by atomic mass is 10.3. The van der Waals surface area contributed by atoms with Crippen LogP contribution in [-0.2, 0) is 0 Å². The predicted octanol–water partition coefficient (Wildman–Crippen LogP) is 3.79. The molecule has 0 spiro atoms. The molecule has 0 N–H and O–H groups in total. The van der Waals surface area contributed by atoms with Crippen LogP contribution in [0.5, 0.6) is 11.5 Å². The molecule has 0 fully saturated rings. The zero-order chi connectivity index (χ0) is 13.1. The lowest BCUT2D eigenvalue weighted by molar-refractivity contribution is 0.435. The van der Waals surface area contributed by atoms with Crippen LogP contribution in [-0.4, -0.2) is 4.98 Å². The molecule has 1 aromatic heterocycles. The van der Waals surface area contributed by atoms with E-state index in [-0.39, 0.29) is 17.2 Å². The summed E-state index contributed by atoms with van der Waals surface area (Å²) < 4.78 is 31.8. The van der Waals surface area contributed by atoms with Crippen molar-refractivity contribution in [2.24, 2.45) is 0 Å². The van der Waals surface area contributed by atoms with Crippen LogP contribution in [0.25, 0.3) is 0 Å². The van der Waals surface area contributed by atoms with Crippen molar-refractivity contribution in [2.75, 3.05) is 0 Å². The molecule has 2 rings (SSSR count). The molecule has 1 aromatic carbocycles. The maximum atomic E-state index is 13.4. The Morgan fingerprint density at radius 1 is 1.22 bits per heavy atom. The first-order valence-electron chi connectivity index (χ1n) is 4.78. The number of benzene rings is 1. The standard InChI is InChI=1S/C12H5BrF2N2O/c13-9-6-17-8(5-16)4-12(9)18-11-2-1-7(14)3-10(11)15/h1-4,6H. The Labute approximate surface area is 110 Å². The molecular formula is C12H5BrF2N2O. The average molecular weight is 311 g/mol. The minimum Gasteiger partial charge on any atom is -0.453 e. The van der Waals surface area contributed by atoms with Crippen molar-refractivity contribution in [1.82, 2.24) is 4.98 Å². The van der Waals surface area contributed by atoms with Gasteiger partial charge in [-0.2, -0.15) is 5.26 Å². The molecule has 0 bridgehead atoms. The molecule has 0 unspecified atom stereocenters. The molecule has 0 aliphatic rings. The van der Waals surface area contributed by atoms with E-state index in [0.717, 1.165) is 12.1 Å². The number of nitrogens with zero attached hydrogens (tertiary/aromatic N) is 2. The fourth-order valence-electron chi connectivity index (χ4n) is 1.24. The van der Waals surface area contributed by atoms with Crippen LogP contribution in [0.2, 0.25) is 0 Å². The summed E-state index contributed by atoms with van der Waals surface area (Å²) in [7, 11) is 0. The Balaban J connectivity index is 2.37. The molecular weight excluding hydrogens is 306 g/mol. The van der Waals surface area contributed by atoms with E-state index in [1.165, 1.54) is 18.3 Å². The van der Waals surface area contributed by atoms with Crippen molar-refractivity contribution >= 4 is 15.9 Å². The van der Waals surface area contributed by atoms with E-state index in [1.54, 1.807) is 0 Å². The van der Waals surface area contributed by atoms with E-state index >= 15 is 0 Å². The number of nitriles is 1. The Morgan fingerprint density at radius 3 is 2.67 bits per heavy atom. The van der Waals surface area contributed by atoms with Crippen LogP contribution >= 0.6 is 15.9 Å². The maximum Gasteiger partial charge on any atom is 0.168 e. The molecule has 1 heterocycles. The molecule has 0 saturated carbocycles. The van der Waals surface area contributed by atoms with Gasteiger partial charge in [-0.05, 0) is 28.1 Å². The summed E-state index contributed by atoms with van der Waals surface area (Å²) in [6, 6.07) is 6.16. The van der Waals surface area contributed by atoms with Crippen molar-refractivity contribution in [3.8, 4) is 17.6 Å². The van der Waals surface area contributed by atoms with Crippen LogP contribution in [0.4, 0.5) is 8.78 Å². The second-order valence-electron chi connectivity index (χ2n) is 3.29. The van der Waals surface area contributed by atoms with Gasteiger partial charge in [0.2, 0.25) is 0 Å². The lowest BCUT2D eigenvalue weighted by Crippen LogP contribution is -1.92. The first kappa shape index (κ1) is 12.5. The number of rotatable bonds is 2. The van der Waals surface area contributed by atoms with Gasteiger partial charge in [-0.3, -0.25) is 0 Å². The Morgan fingerprint density at radius 2 is 2.00 bits per heavy atom. The minimum atomic E-state index is -0.822. The number of aromatic nitrogens is 1. The molecule has 3 nitrogen and oxygen atoms in total. The van der Waals surface area contributed by atoms with Crippen molar-refractivity contribution in [3.05, 3.63) is 52.3 Å². The summed E-state index contributed by atoms with van der Waals surface area (Å²) in [6.45, 7) is 0. The molecule has 90 valence electrons. The summed E-state index contributed by atoms with van der Waals surface area (Å²) >= 11 is 3.16. The van der Waals surface area contributed by atoms with Crippen molar-refractivity contribution in [3.63, 3.8) is 0 Å². The van der Waals surface area contributed by atoms with Gasteiger partial charge < -0.3 is 4.74 Å². The molecule has 0 aliphatic carbocycles.